The highest BCUT2D eigenvalue weighted by molar-refractivity contribution is 5.73. The summed E-state index contributed by atoms with van der Waals surface area (Å²) in [6.45, 7) is 2.66. The van der Waals surface area contributed by atoms with E-state index in [9.17, 15) is 4.79 Å². The van der Waals surface area contributed by atoms with Crippen LogP contribution >= 0.6 is 0 Å². The Bertz CT molecular complexity index is 623. The standard InChI is InChI=1S/C14H18N2O3/c1-16-12-8-10(3-5-13(12)19-14(16)17)2-4-11-9-15-6-7-18-11/h3,5,8,11,15H,2,4,6-7,9H2,1H3. The summed E-state index contributed by atoms with van der Waals surface area (Å²) in [6, 6.07) is 5.91. The second-order valence-electron chi connectivity index (χ2n) is 4.96. The first-order valence-electron chi connectivity index (χ1n) is 6.65. The fourth-order valence-electron chi connectivity index (χ4n) is 2.46. The number of hydrogen-bond donors (Lipinski definition) is 1. The second-order valence-corrected chi connectivity index (χ2v) is 4.96. The van der Waals surface area contributed by atoms with Crippen molar-refractivity contribution < 1.29 is 9.15 Å². The van der Waals surface area contributed by atoms with Gasteiger partial charge >= 0.3 is 5.76 Å². The number of rotatable bonds is 3. The van der Waals surface area contributed by atoms with Crippen LogP contribution in [-0.4, -0.2) is 30.4 Å². The van der Waals surface area contributed by atoms with Crippen LogP contribution in [0.15, 0.2) is 27.4 Å². The highest BCUT2D eigenvalue weighted by Gasteiger charge is 2.13. The Labute approximate surface area is 111 Å². The summed E-state index contributed by atoms with van der Waals surface area (Å²) < 4.78 is 12.3. The Balaban J connectivity index is 1.74. The van der Waals surface area contributed by atoms with Crippen LogP contribution in [0.1, 0.15) is 12.0 Å². The molecule has 3 rings (SSSR count). The number of nitrogens with zero attached hydrogens (tertiary/aromatic N) is 1. The summed E-state index contributed by atoms with van der Waals surface area (Å²) in [5.41, 5.74) is 2.70. The summed E-state index contributed by atoms with van der Waals surface area (Å²) in [6.07, 6.45) is 2.23. The van der Waals surface area contributed by atoms with Crippen molar-refractivity contribution >= 4 is 11.1 Å². The van der Waals surface area contributed by atoms with Gasteiger partial charge in [-0.05, 0) is 30.5 Å². The van der Waals surface area contributed by atoms with Crippen molar-refractivity contribution in [2.24, 2.45) is 7.05 Å². The van der Waals surface area contributed by atoms with Crippen LogP contribution in [0, 0.1) is 0 Å². The molecule has 0 bridgehead atoms. The van der Waals surface area contributed by atoms with E-state index in [1.807, 2.05) is 18.2 Å². The predicted octanol–water partition coefficient (Wildman–Crippen LogP) is 1.05. The molecule has 19 heavy (non-hydrogen) atoms. The molecule has 102 valence electrons. The molecule has 0 radical (unpaired) electrons. The Hall–Kier alpha value is -1.59. The van der Waals surface area contributed by atoms with Crippen molar-refractivity contribution in [3.05, 3.63) is 34.3 Å². The van der Waals surface area contributed by atoms with E-state index >= 15 is 0 Å². The van der Waals surface area contributed by atoms with Crippen LogP contribution in [0.25, 0.3) is 11.1 Å². The van der Waals surface area contributed by atoms with Gasteiger partial charge in [-0.3, -0.25) is 4.57 Å². The van der Waals surface area contributed by atoms with Crippen LogP contribution in [0.5, 0.6) is 0 Å². The molecule has 1 aromatic heterocycles. The molecular formula is C14H18N2O3. The van der Waals surface area contributed by atoms with Gasteiger partial charge in [-0.15, -0.1) is 0 Å². The maximum Gasteiger partial charge on any atom is 0.419 e. The van der Waals surface area contributed by atoms with E-state index in [0.29, 0.717) is 5.58 Å². The van der Waals surface area contributed by atoms with Gasteiger partial charge in [-0.25, -0.2) is 4.79 Å². The quantitative estimate of drug-likeness (QED) is 0.898. The summed E-state index contributed by atoms with van der Waals surface area (Å²) in [7, 11) is 1.73. The predicted molar refractivity (Wildman–Crippen MR) is 72.4 cm³/mol. The molecule has 0 saturated carbocycles. The van der Waals surface area contributed by atoms with E-state index in [1.165, 1.54) is 10.1 Å². The lowest BCUT2D eigenvalue weighted by molar-refractivity contribution is 0.0238. The largest absolute Gasteiger partial charge is 0.419 e. The van der Waals surface area contributed by atoms with Gasteiger partial charge in [0.1, 0.15) is 0 Å². The lowest BCUT2D eigenvalue weighted by Gasteiger charge is -2.23. The normalized spacial score (nSPS) is 19.9. The van der Waals surface area contributed by atoms with Gasteiger partial charge < -0.3 is 14.5 Å². The zero-order chi connectivity index (χ0) is 13.2. The SMILES string of the molecule is Cn1c(=O)oc2ccc(CCC3CNCCO3)cc21. The molecule has 1 aliphatic heterocycles. The molecule has 0 aliphatic carbocycles. The molecule has 2 aromatic rings. The van der Waals surface area contributed by atoms with Crippen molar-refractivity contribution in [3.63, 3.8) is 0 Å². The van der Waals surface area contributed by atoms with E-state index in [4.69, 9.17) is 9.15 Å². The van der Waals surface area contributed by atoms with E-state index in [2.05, 4.69) is 5.32 Å². The lowest BCUT2D eigenvalue weighted by Crippen LogP contribution is -2.38. The smallest absolute Gasteiger partial charge is 0.408 e. The molecule has 1 aromatic carbocycles. The summed E-state index contributed by atoms with van der Waals surface area (Å²) in [4.78, 5) is 11.4. The Kier molecular flexibility index (Phi) is 3.40. The number of ether oxygens (including phenoxy) is 1. The first kappa shape index (κ1) is 12.4. The number of morpholine rings is 1. The maximum atomic E-state index is 11.4. The molecule has 1 N–H and O–H groups in total. The molecule has 5 nitrogen and oxygen atoms in total. The van der Waals surface area contributed by atoms with Gasteiger partial charge in [-0.2, -0.15) is 0 Å². The Morgan fingerprint density at radius 2 is 2.37 bits per heavy atom. The van der Waals surface area contributed by atoms with Crippen LogP contribution in [0.3, 0.4) is 0 Å². The third-order valence-electron chi connectivity index (χ3n) is 3.62. The van der Waals surface area contributed by atoms with Crippen LogP contribution < -0.4 is 11.1 Å². The minimum absolute atomic E-state index is 0.289. The molecule has 1 fully saturated rings. The van der Waals surface area contributed by atoms with Gasteiger partial charge in [-0.1, -0.05) is 6.07 Å². The summed E-state index contributed by atoms with van der Waals surface area (Å²) in [5, 5.41) is 3.33. The second kappa shape index (κ2) is 5.19. The summed E-state index contributed by atoms with van der Waals surface area (Å²) >= 11 is 0. The molecule has 2 heterocycles. The molecule has 0 amide bonds. The highest BCUT2D eigenvalue weighted by atomic mass is 16.5. The number of aryl methyl sites for hydroxylation is 2. The third kappa shape index (κ3) is 2.57. The first-order valence-corrected chi connectivity index (χ1v) is 6.65. The monoisotopic (exact) mass is 262 g/mol. The minimum Gasteiger partial charge on any atom is -0.408 e. The Morgan fingerprint density at radius 1 is 1.47 bits per heavy atom. The number of fused-ring (bicyclic) bond motifs is 1. The first-order chi connectivity index (χ1) is 9.24. The van der Waals surface area contributed by atoms with Gasteiger partial charge in [0.2, 0.25) is 0 Å². The molecule has 1 unspecified atom stereocenters. The molecule has 1 saturated heterocycles. The third-order valence-corrected chi connectivity index (χ3v) is 3.62. The van der Waals surface area contributed by atoms with Gasteiger partial charge in [0.15, 0.2) is 5.58 Å². The van der Waals surface area contributed by atoms with Gasteiger partial charge in [0.25, 0.3) is 0 Å². The van der Waals surface area contributed by atoms with Crippen LogP contribution in [-0.2, 0) is 18.2 Å². The van der Waals surface area contributed by atoms with E-state index in [-0.39, 0.29) is 11.9 Å². The number of hydrogen-bond acceptors (Lipinski definition) is 4. The minimum atomic E-state index is -0.313. The topological polar surface area (TPSA) is 56.4 Å². The van der Waals surface area contributed by atoms with Crippen molar-refractivity contribution in [3.8, 4) is 0 Å². The molecular weight excluding hydrogens is 244 g/mol. The zero-order valence-corrected chi connectivity index (χ0v) is 11.0. The lowest BCUT2D eigenvalue weighted by atomic mass is 10.1. The number of oxazole rings is 1. The average Bonchev–Trinajstić information content (AvgIpc) is 2.73. The number of benzene rings is 1. The van der Waals surface area contributed by atoms with Crippen LogP contribution in [0.2, 0.25) is 0 Å². The molecule has 1 atom stereocenters. The average molecular weight is 262 g/mol. The van der Waals surface area contributed by atoms with Crippen LogP contribution in [0.4, 0.5) is 0 Å². The fraction of sp³-hybridized carbons (Fsp3) is 0.500. The molecule has 0 spiro atoms. The number of nitrogens with one attached hydrogen (secondary N) is 1. The fourth-order valence-corrected chi connectivity index (χ4v) is 2.46. The number of aromatic nitrogens is 1. The maximum absolute atomic E-state index is 11.4. The van der Waals surface area contributed by atoms with Crippen molar-refractivity contribution in [2.45, 2.75) is 18.9 Å². The van der Waals surface area contributed by atoms with Gasteiger partial charge in [0.05, 0.1) is 18.2 Å². The van der Waals surface area contributed by atoms with E-state index < -0.39 is 0 Å². The highest BCUT2D eigenvalue weighted by Crippen LogP contribution is 2.16. The van der Waals surface area contributed by atoms with Crippen molar-refractivity contribution in [1.82, 2.24) is 9.88 Å². The van der Waals surface area contributed by atoms with E-state index in [1.54, 1.807) is 7.05 Å². The van der Waals surface area contributed by atoms with Crippen molar-refractivity contribution in [1.29, 1.82) is 0 Å². The zero-order valence-electron chi connectivity index (χ0n) is 11.0. The van der Waals surface area contributed by atoms with E-state index in [0.717, 1.165) is 38.1 Å². The van der Waals surface area contributed by atoms with Crippen molar-refractivity contribution in [2.75, 3.05) is 19.7 Å². The summed E-state index contributed by atoms with van der Waals surface area (Å²) in [5.74, 6) is -0.313. The molecule has 5 heteroatoms. The Morgan fingerprint density at radius 3 is 3.16 bits per heavy atom. The molecule has 1 aliphatic rings. The van der Waals surface area contributed by atoms with Gasteiger partial charge in [0, 0.05) is 20.1 Å².